The third-order valence-electron chi connectivity index (χ3n) is 4.23. The number of anilines is 3. The van der Waals surface area contributed by atoms with E-state index in [1.807, 2.05) is 55.5 Å². The van der Waals surface area contributed by atoms with E-state index in [0.717, 1.165) is 29.0 Å². The van der Waals surface area contributed by atoms with Crippen molar-refractivity contribution in [3.05, 3.63) is 90.5 Å². The highest BCUT2D eigenvalue weighted by Gasteiger charge is 2.15. The maximum atomic E-state index is 11.3. The van der Waals surface area contributed by atoms with E-state index < -0.39 is 0 Å². The van der Waals surface area contributed by atoms with Gasteiger partial charge >= 0.3 is 5.97 Å². The van der Waals surface area contributed by atoms with Gasteiger partial charge in [0.15, 0.2) is 0 Å². The second-order valence-corrected chi connectivity index (χ2v) is 6.10. The van der Waals surface area contributed by atoms with Gasteiger partial charge in [0, 0.05) is 24.0 Å². The van der Waals surface area contributed by atoms with E-state index in [1.165, 1.54) is 6.92 Å². The fraction of sp³-hybridized carbons (Fsp3) is 0.174. The Hall–Kier alpha value is -3.07. The Morgan fingerprint density at radius 3 is 1.69 bits per heavy atom. The first-order valence-electron chi connectivity index (χ1n) is 8.86. The molecule has 3 rings (SSSR count). The number of carbonyl (C=O) groups excluding carboxylic acids is 1. The monoisotopic (exact) mass is 345 g/mol. The zero-order valence-electron chi connectivity index (χ0n) is 15.1. The molecule has 26 heavy (non-hydrogen) atoms. The van der Waals surface area contributed by atoms with Crippen molar-refractivity contribution in [3.8, 4) is 0 Å². The lowest BCUT2D eigenvalue weighted by atomic mass is 10.1. The molecule has 0 aliphatic carbocycles. The molecule has 0 spiro atoms. The number of para-hydroxylation sites is 2. The maximum Gasteiger partial charge on any atom is 0.303 e. The van der Waals surface area contributed by atoms with Crippen molar-refractivity contribution in [1.82, 2.24) is 0 Å². The zero-order valence-corrected chi connectivity index (χ0v) is 15.1. The lowest BCUT2D eigenvalue weighted by Gasteiger charge is -2.26. The van der Waals surface area contributed by atoms with E-state index in [0.29, 0.717) is 0 Å². The lowest BCUT2D eigenvalue weighted by molar-refractivity contribution is -0.146. The van der Waals surface area contributed by atoms with Crippen molar-refractivity contribution in [2.45, 2.75) is 26.4 Å². The highest BCUT2D eigenvalue weighted by molar-refractivity contribution is 5.76. The molecule has 0 amide bonds. The predicted octanol–water partition coefficient (Wildman–Crippen LogP) is 6.17. The number of hydrogen-bond acceptors (Lipinski definition) is 3. The van der Waals surface area contributed by atoms with E-state index >= 15 is 0 Å². The standard InChI is InChI=1S/C23H23NO2/c1-3-23(26-18(2)25)19-14-16-22(17-15-19)24(20-10-6-4-7-11-20)21-12-8-5-9-13-21/h4-17,23H,3H2,1-2H3. The fourth-order valence-corrected chi connectivity index (χ4v) is 3.03. The molecular formula is C23H23NO2. The Kier molecular flexibility index (Phi) is 5.69. The van der Waals surface area contributed by atoms with Crippen molar-refractivity contribution in [3.63, 3.8) is 0 Å². The van der Waals surface area contributed by atoms with Gasteiger partial charge in [0.2, 0.25) is 0 Å². The molecule has 0 saturated carbocycles. The van der Waals surface area contributed by atoms with Crippen LogP contribution in [0.3, 0.4) is 0 Å². The van der Waals surface area contributed by atoms with E-state index in [-0.39, 0.29) is 12.1 Å². The van der Waals surface area contributed by atoms with E-state index in [4.69, 9.17) is 4.74 Å². The number of esters is 1. The summed E-state index contributed by atoms with van der Waals surface area (Å²) in [5.74, 6) is -0.254. The maximum absolute atomic E-state index is 11.3. The summed E-state index contributed by atoms with van der Waals surface area (Å²) in [5, 5.41) is 0. The van der Waals surface area contributed by atoms with Gasteiger partial charge in [-0.3, -0.25) is 4.79 Å². The van der Waals surface area contributed by atoms with Crippen LogP contribution in [0.4, 0.5) is 17.1 Å². The molecule has 0 fully saturated rings. The van der Waals surface area contributed by atoms with E-state index in [1.54, 1.807) is 0 Å². The van der Waals surface area contributed by atoms with E-state index in [2.05, 4.69) is 41.3 Å². The summed E-state index contributed by atoms with van der Waals surface area (Å²) < 4.78 is 5.40. The van der Waals surface area contributed by atoms with Gasteiger partial charge in [-0.2, -0.15) is 0 Å². The second kappa shape index (κ2) is 8.34. The van der Waals surface area contributed by atoms with Crippen LogP contribution >= 0.6 is 0 Å². The van der Waals surface area contributed by atoms with Gasteiger partial charge in [-0.25, -0.2) is 0 Å². The third-order valence-corrected chi connectivity index (χ3v) is 4.23. The van der Waals surface area contributed by atoms with Gasteiger partial charge in [0.05, 0.1) is 0 Å². The van der Waals surface area contributed by atoms with Crippen LogP contribution in [0.1, 0.15) is 31.9 Å². The Bertz CT molecular complexity index is 790. The zero-order chi connectivity index (χ0) is 18.4. The summed E-state index contributed by atoms with van der Waals surface area (Å²) in [6.07, 6.45) is 0.545. The van der Waals surface area contributed by atoms with Crippen LogP contribution in [0.2, 0.25) is 0 Å². The minimum absolute atomic E-state index is 0.205. The van der Waals surface area contributed by atoms with Gasteiger partial charge in [0.25, 0.3) is 0 Å². The van der Waals surface area contributed by atoms with Crippen molar-refractivity contribution >= 4 is 23.0 Å². The van der Waals surface area contributed by atoms with Crippen LogP contribution in [-0.4, -0.2) is 5.97 Å². The Morgan fingerprint density at radius 2 is 1.27 bits per heavy atom. The summed E-state index contributed by atoms with van der Waals surface area (Å²) >= 11 is 0. The molecule has 132 valence electrons. The minimum atomic E-state index is -0.254. The summed E-state index contributed by atoms with van der Waals surface area (Å²) in [6, 6.07) is 28.7. The van der Waals surface area contributed by atoms with Crippen molar-refractivity contribution in [2.24, 2.45) is 0 Å². The molecule has 0 radical (unpaired) electrons. The van der Waals surface area contributed by atoms with Gasteiger partial charge in [-0.15, -0.1) is 0 Å². The van der Waals surface area contributed by atoms with Crippen LogP contribution in [0, 0.1) is 0 Å². The molecule has 0 aliphatic rings. The van der Waals surface area contributed by atoms with Gasteiger partial charge in [0.1, 0.15) is 6.10 Å². The number of hydrogen-bond donors (Lipinski definition) is 0. The lowest BCUT2D eigenvalue weighted by Crippen LogP contribution is -2.11. The van der Waals surface area contributed by atoms with Crippen LogP contribution < -0.4 is 4.90 Å². The van der Waals surface area contributed by atoms with Gasteiger partial charge < -0.3 is 9.64 Å². The first kappa shape index (κ1) is 17.7. The smallest absolute Gasteiger partial charge is 0.303 e. The van der Waals surface area contributed by atoms with Crippen molar-refractivity contribution < 1.29 is 9.53 Å². The molecule has 3 nitrogen and oxygen atoms in total. The number of rotatable bonds is 6. The number of carbonyl (C=O) groups is 1. The summed E-state index contributed by atoms with van der Waals surface area (Å²) in [4.78, 5) is 13.5. The average molecular weight is 345 g/mol. The molecule has 1 atom stereocenters. The number of benzene rings is 3. The van der Waals surface area contributed by atoms with Crippen LogP contribution in [0.5, 0.6) is 0 Å². The highest BCUT2D eigenvalue weighted by Crippen LogP contribution is 2.35. The average Bonchev–Trinajstić information content (AvgIpc) is 2.68. The minimum Gasteiger partial charge on any atom is -0.458 e. The van der Waals surface area contributed by atoms with Gasteiger partial charge in [-0.05, 0) is 48.4 Å². The highest BCUT2D eigenvalue weighted by atomic mass is 16.5. The van der Waals surface area contributed by atoms with Crippen molar-refractivity contribution in [1.29, 1.82) is 0 Å². The van der Waals surface area contributed by atoms with Crippen LogP contribution in [0.15, 0.2) is 84.9 Å². The fourth-order valence-electron chi connectivity index (χ4n) is 3.03. The first-order valence-corrected chi connectivity index (χ1v) is 8.86. The molecule has 0 heterocycles. The summed E-state index contributed by atoms with van der Waals surface area (Å²) in [7, 11) is 0. The third kappa shape index (κ3) is 4.12. The normalized spacial score (nSPS) is 11.6. The molecule has 3 aromatic carbocycles. The van der Waals surface area contributed by atoms with E-state index in [9.17, 15) is 4.79 Å². The summed E-state index contributed by atoms with van der Waals surface area (Å²) in [6.45, 7) is 3.46. The Balaban J connectivity index is 1.96. The molecule has 1 unspecified atom stereocenters. The largest absolute Gasteiger partial charge is 0.458 e. The quantitative estimate of drug-likeness (QED) is 0.500. The number of nitrogens with zero attached hydrogens (tertiary/aromatic N) is 1. The van der Waals surface area contributed by atoms with Crippen LogP contribution in [-0.2, 0) is 9.53 Å². The molecule has 0 aliphatic heterocycles. The second-order valence-electron chi connectivity index (χ2n) is 6.10. The molecular weight excluding hydrogens is 322 g/mol. The Morgan fingerprint density at radius 1 is 0.808 bits per heavy atom. The number of ether oxygens (including phenoxy) is 1. The molecule has 0 N–H and O–H groups in total. The predicted molar refractivity (Wildman–Crippen MR) is 106 cm³/mol. The topological polar surface area (TPSA) is 29.5 Å². The Labute approximate surface area is 154 Å². The molecule has 3 aromatic rings. The molecule has 0 saturated heterocycles. The van der Waals surface area contributed by atoms with Gasteiger partial charge in [-0.1, -0.05) is 55.5 Å². The molecule has 0 aromatic heterocycles. The molecule has 0 bridgehead atoms. The van der Waals surface area contributed by atoms with Crippen molar-refractivity contribution in [2.75, 3.05) is 4.90 Å². The van der Waals surface area contributed by atoms with Crippen LogP contribution in [0.25, 0.3) is 0 Å². The first-order chi connectivity index (χ1) is 12.7. The summed E-state index contributed by atoms with van der Waals surface area (Å²) in [5.41, 5.74) is 4.26. The molecule has 3 heteroatoms. The SMILES string of the molecule is CCC(OC(C)=O)c1ccc(N(c2ccccc2)c2ccccc2)cc1.